The number of nitrogens with zero attached hydrogens (tertiary/aromatic N) is 3. The summed E-state index contributed by atoms with van der Waals surface area (Å²) in [6.45, 7) is 2.69. The normalized spacial score (nSPS) is 11.1. The molecular formula is C12H19N5OS. The Bertz CT molecular complexity index is 591. The summed E-state index contributed by atoms with van der Waals surface area (Å²) in [5, 5.41) is 9.65. The maximum atomic E-state index is 11.5. The van der Waals surface area contributed by atoms with Gasteiger partial charge in [0.25, 0.3) is 0 Å². The standard InChI is InChI=1S/C12H19N5OS/c1-9-14-10(13-6-4-3-5-7-19-2)8-11-15-16-12(18)17(9)11/h8,13H,3-7H2,1-2H3,(H,16,18). The second-order valence-electron chi connectivity index (χ2n) is 4.39. The van der Waals surface area contributed by atoms with Crippen LogP contribution >= 0.6 is 11.8 Å². The molecule has 0 radical (unpaired) electrons. The number of nitrogens with one attached hydrogen (secondary N) is 2. The molecule has 0 saturated heterocycles. The number of thioether (sulfide) groups is 1. The molecule has 0 atom stereocenters. The van der Waals surface area contributed by atoms with Crippen molar-refractivity contribution in [1.82, 2.24) is 19.6 Å². The van der Waals surface area contributed by atoms with E-state index in [1.54, 1.807) is 13.0 Å². The largest absolute Gasteiger partial charge is 0.370 e. The van der Waals surface area contributed by atoms with Crippen molar-refractivity contribution < 1.29 is 0 Å². The predicted octanol–water partition coefficient (Wildman–Crippen LogP) is 1.67. The van der Waals surface area contributed by atoms with Gasteiger partial charge in [0, 0.05) is 12.6 Å². The maximum Gasteiger partial charge on any atom is 0.349 e. The number of H-pyrrole nitrogens is 1. The van der Waals surface area contributed by atoms with Crippen LogP contribution in [0.4, 0.5) is 5.82 Å². The minimum atomic E-state index is -0.247. The molecule has 6 nitrogen and oxygen atoms in total. The van der Waals surface area contributed by atoms with E-state index in [1.165, 1.54) is 23.0 Å². The summed E-state index contributed by atoms with van der Waals surface area (Å²) >= 11 is 1.88. The Morgan fingerprint density at radius 3 is 3.05 bits per heavy atom. The van der Waals surface area contributed by atoms with E-state index in [2.05, 4.69) is 26.8 Å². The first-order valence-corrected chi connectivity index (χ1v) is 7.79. The summed E-state index contributed by atoms with van der Waals surface area (Å²) < 4.78 is 1.46. The number of aryl methyl sites for hydroxylation is 1. The molecule has 0 bridgehead atoms. The molecule has 0 aliphatic rings. The average molecular weight is 281 g/mol. The van der Waals surface area contributed by atoms with Crippen LogP contribution in [0.2, 0.25) is 0 Å². The Morgan fingerprint density at radius 1 is 1.42 bits per heavy atom. The van der Waals surface area contributed by atoms with Crippen molar-refractivity contribution in [3.63, 3.8) is 0 Å². The molecule has 0 fully saturated rings. The second-order valence-corrected chi connectivity index (χ2v) is 5.38. The van der Waals surface area contributed by atoms with Crippen molar-refractivity contribution in [1.29, 1.82) is 0 Å². The van der Waals surface area contributed by atoms with Crippen LogP contribution in [0, 0.1) is 6.92 Å². The zero-order valence-corrected chi connectivity index (χ0v) is 12.1. The summed E-state index contributed by atoms with van der Waals surface area (Å²) in [7, 11) is 0. The zero-order chi connectivity index (χ0) is 13.7. The van der Waals surface area contributed by atoms with Gasteiger partial charge in [-0.2, -0.15) is 16.9 Å². The molecule has 2 aromatic heterocycles. The molecule has 104 valence electrons. The molecule has 19 heavy (non-hydrogen) atoms. The number of hydrogen-bond acceptors (Lipinski definition) is 5. The molecule has 0 aliphatic carbocycles. The Kier molecular flexibility index (Phi) is 4.84. The van der Waals surface area contributed by atoms with E-state index >= 15 is 0 Å². The summed E-state index contributed by atoms with van der Waals surface area (Å²) in [6.07, 6.45) is 5.73. The van der Waals surface area contributed by atoms with Gasteiger partial charge in [-0.3, -0.25) is 0 Å². The van der Waals surface area contributed by atoms with Crippen LogP contribution in [0.5, 0.6) is 0 Å². The van der Waals surface area contributed by atoms with Crippen molar-refractivity contribution in [3.8, 4) is 0 Å². The number of anilines is 1. The smallest absolute Gasteiger partial charge is 0.349 e. The van der Waals surface area contributed by atoms with Crippen LogP contribution in [-0.4, -0.2) is 38.1 Å². The molecule has 0 spiro atoms. The Morgan fingerprint density at radius 2 is 2.26 bits per heavy atom. The van der Waals surface area contributed by atoms with Gasteiger partial charge >= 0.3 is 5.69 Å². The summed E-state index contributed by atoms with van der Waals surface area (Å²) in [4.78, 5) is 15.8. The first kappa shape index (κ1) is 13.9. The van der Waals surface area contributed by atoms with Gasteiger partial charge in [0.1, 0.15) is 11.6 Å². The highest BCUT2D eigenvalue weighted by atomic mass is 32.2. The third-order valence-electron chi connectivity index (χ3n) is 2.90. The molecule has 7 heteroatoms. The minimum absolute atomic E-state index is 0.247. The monoisotopic (exact) mass is 281 g/mol. The molecule has 2 N–H and O–H groups in total. The number of unbranched alkanes of at least 4 members (excludes halogenated alkanes) is 2. The van der Waals surface area contributed by atoms with E-state index in [4.69, 9.17) is 0 Å². The lowest BCUT2D eigenvalue weighted by atomic mass is 10.2. The molecule has 0 saturated carbocycles. The van der Waals surface area contributed by atoms with Gasteiger partial charge in [-0.15, -0.1) is 0 Å². The highest BCUT2D eigenvalue weighted by molar-refractivity contribution is 7.98. The van der Waals surface area contributed by atoms with Crippen LogP contribution in [0.1, 0.15) is 25.1 Å². The Hall–Kier alpha value is -1.50. The Labute approximate surface area is 116 Å². The molecular weight excluding hydrogens is 262 g/mol. The number of aromatic amines is 1. The molecule has 2 heterocycles. The fraction of sp³-hybridized carbons (Fsp3) is 0.583. The molecule has 0 amide bonds. The predicted molar refractivity (Wildman–Crippen MR) is 79.1 cm³/mol. The average Bonchev–Trinajstić information content (AvgIpc) is 2.76. The lowest BCUT2D eigenvalue weighted by molar-refractivity contribution is 0.747. The lowest BCUT2D eigenvalue weighted by Crippen LogP contribution is -2.14. The SMILES string of the molecule is CSCCCCCNc1cc2n[nH]c(=O)n2c(C)n1. The number of rotatable bonds is 7. The van der Waals surface area contributed by atoms with Crippen molar-refractivity contribution >= 4 is 23.2 Å². The van der Waals surface area contributed by atoms with Gasteiger partial charge in [0.2, 0.25) is 0 Å². The fourth-order valence-corrected chi connectivity index (χ4v) is 2.45. The van der Waals surface area contributed by atoms with Crippen LogP contribution in [-0.2, 0) is 0 Å². The third-order valence-corrected chi connectivity index (χ3v) is 3.60. The quantitative estimate of drug-likeness (QED) is 0.755. The van der Waals surface area contributed by atoms with E-state index in [0.29, 0.717) is 11.5 Å². The van der Waals surface area contributed by atoms with E-state index in [9.17, 15) is 4.79 Å². The summed E-state index contributed by atoms with van der Waals surface area (Å²) in [5.41, 5.74) is 0.353. The third kappa shape index (κ3) is 3.50. The van der Waals surface area contributed by atoms with Gasteiger partial charge in [0.15, 0.2) is 5.65 Å². The van der Waals surface area contributed by atoms with Crippen LogP contribution in [0.25, 0.3) is 5.65 Å². The molecule has 0 aromatic carbocycles. The van der Waals surface area contributed by atoms with E-state index in [1.807, 2.05) is 11.8 Å². The van der Waals surface area contributed by atoms with Gasteiger partial charge < -0.3 is 5.32 Å². The summed E-state index contributed by atoms with van der Waals surface area (Å²) in [5.74, 6) is 2.63. The molecule has 0 unspecified atom stereocenters. The van der Waals surface area contributed by atoms with E-state index in [0.717, 1.165) is 18.8 Å². The van der Waals surface area contributed by atoms with Gasteiger partial charge in [-0.1, -0.05) is 6.42 Å². The number of hydrogen-bond donors (Lipinski definition) is 2. The Balaban J connectivity index is 1.92. The second kappa shape index (κ2) is 6.60. The maximum absolute atomic E-state index is 11.5. The summed E-state index contributed by atoms with van der Waals surface area (Å²) in [6, 6.07) is 1.78. The highest BCUT2D eigenvalue weighted by Crippen LogP contribution is 2.08. The van der Waals surface area contributed by atoms with Crippen molar-refractivity contribution in [3.05, 3.63) is 22.4 Å². The van der Waals surface area contributed by atoms with Crippen molar-refractivity contribution in [2.24, 2.45) is 0 Å². The topological polar surface area (TPSA) is 75.1 Å². The van der Waals surface area contributed by atoms with Crippen LogP contribution in [0.3, 0.4) is 0 Å². The van der Waals surface area contributed by atoms with E-state index in [-0.39, 0.29) is 5.69 Å². The molecule has 0 aliphatic heterocycles. The fourth-order valence-electron chi connectivity index (χ4n) is 1.95. The molecule has 2 aromatic rings. The van der Waals surface area contributed by atoms with Crippen LogP contribution in [0.15, 0.2) is 10.9 Å². The van der Waals surface area contributed by atoms with Crippen molar-refractivity contribution in [2.75, 3.05) is 23.9 Å². The van der Waals surface area contributed by atoms with E-state index < -0.39 is 0 Å². The first-order valence-electron chi connectivity index (χ1n) is 6.40. The van der Waals surface area contributed by atoms with Crippen LogP contribution < -0.4 is 11.0 Å². The molecule has 2 rings (SSSR count). The number of fused-ring (bicyclic) bond motifs is 1. The lowest BCUT2D eigenvalue weighted by Gasteiger charge is -2.06. The number of aromatic nitrogens is 4. The zero-order valence-electron chi connectivity index (χ0n) is 11.3. The first-order chi connectivity index (χ1) is 9.22. The van der Waals surface area contributed by atoms with Crippen molar-refractivity contribution in [2.45, 2.75) is 26.2 Å². The van der Waals surface area contributed by atoms with Gasteiger partial charge in [0.05, 0.1) is 0 Å². The highest BCUT2D eigenvalue weighted by Gasteiger charge is 2.06. The van der Waals surface area contributed by atoms with Gasteiger partial charge in [-0.25, -0.2) is 19.3 Å². The van der Waals surface area contributed by atoms with Gasteiger partial charge in [-0.05, 0) is 31.8 Å². The minimum Gasteiger partial charge on any atom is -0.370 e.